The molecule has 5 heteroatoms. The van der Waals surface area contributed by atoms with Crippen LogP contribution < -0.4 is 5.32 Å². The standard InChI is InChI=1S/C20H22N4O/c1-3-7-16(8-4-1)15-25-19-11-18(21-12-19)13-24-14-20(22-23-24)17-9-5-2-6-10-17/h1-10,14,18-19,21H,11-13,15H2/t18-,19+/m0/s1. The van der Waals surface area contributed by atoms with Crippen molar-refractivity contribution in [3.05, 3.63) is 72.4 Å². The predicted molar refractivity (Wildman–Crippen MR) is 96.9 cm³/mol. The zero-order valence-electron chi connectivity index (χ0n) is 14.1. The maximum Gasteiger partial charge on any atom is 0.113 e. The third kappa shape index (κ3) is 4.13. The van der Waals surface area contributed by atoms with E-state index in [0.29, 0.717) is 12.6 Å². The van der Waals surface area contributed by atoms with Crippen LogP contribution in [0.1, 0.15) is 12.0 Å². The van der Waals surface area contributed by atoms with Crippen molar-refractivity contribution in [2.24, 2.45) is 0 Å². The number of ether oxygens (including phenoxy) is 1. The Morgan fingerprint density at radius 1 is 1.04 bits per heavy atom. The quantitative estimate of drug-likeness (QED) is 0.753. The van der Waals surface area contributed by atoms with Gasteiger partial charge in [-0.3, -0.25) is 4.68 Å². The Balaban J connectivity index is 1.29. The topological polar surface area (TPSA) is 52.0 Å². The van der Waals surface area contributed by atoms with Gasteiger partial charge in [0, 0.05) is 18.2 Å². The zero-order valence-corrected chi connectivity index (χ0v) is 14.1. The molecule has 1 fully saturated rings. The summed E-state index contributed by atoms with van der Waals surface area (Å²) in [5.74, 6) is 0. The molecule has 5 nitrogen and oxygen atoms in total. The van der Waals surface area contributed by atoms with E-state index in [0.717, 1.165) is 30.8 Å². The van der Waals surface area contributed by atoms with Crippen molar-refractivity contribution in [1.82, 2.24) is 20.3 Å². The van der Waals surface area contributed by atoms with Gasteiger partial charge in [-0.25, -0.2) is 0 Å². The number of benzene rings is 2. The molecule has 1 N–H and O–H groups in total. The van der Waals surface area contributed by atoms with Crippen LogP contribution in [0, 0.1) is 0 Å². The van der Waals surface area contributed by atoms with E-state index in [2.05, 4.69) is 39.9 Å². The Morgan fingerprint density at radius 2 is 1.80 bits per heavy atom. The fourth-order valence-electron chi connectivity index (χ4n) is 3.19. The summed E-state index contributed by atoms with van der Waals surface area (Å²) in [6.45, 7) is 2.37. The van der Waals surface area contributed by atoms with Crippen LogP contribution in [0.2, 0.25) is 0 Å². The number of hydrogen-bond donors (Lipinski definition) is 1. The smallest absolute Gasteiger partial charge is 0.113 e. The Hall–Kier alpha value is -2.50. The predicted octanol–water partition coefficient (Wildman–Crippen LogP) is 2.89. The normalized spacial score (nSPS) is 20.0. The first-order chi connectivity index (χ1) is 12.4. The lowest BCUT2D eigenvalue weighted by molar-refractivity contribution is 0.0522. The molecular weight excluding hydrogens is 312 g/mol. The Kier molecular flexibility index (Phi) is 4.86. The van der Waals surface area contributed by atoms with Crippen molar-refractivity contribution in [3.63, 3.8) is 0 Å². The van der Waals surface area contributed by atoms with E-state index in [-0.39, 0.29) is 6.10 Å². The maximum atomic E-state index is 6.02. The highest BCUT2D eigenvalue weighted by Crippen LogP contribution is 2.17. The third-order valence-electron chi connectivity index (χ3n) is 4.53. The number of aromatic nitrogens is 3. The molecule has 1 aliphatic rings. The first kappa shape index (κ1) is 16.0. The van der Waals surface area contributed by atoms with Gasteiger partial charge in [-0.05, 0) is 12.0 Å². The van der Waals surface area contributed by atoms with Gasteiger partial charge in [0.2, 0.25) is 0 Å². The summed E-state index contributed by atoms with van der Waals surface area (Å²) < 4.78 is 7.94. The second-order valence-corrected chi connectivity index (χ2v) is 6.45. The van der Waals surface area contributed by atoms with Gasteiger partial charge in [0.15, 0.2) is 0 Å². The van der Waals surface area contributed by atoms with E-state index < -0.39 is 0 Å². The van der Waals surface area contributed by atoms with Crippen LogP contribution in [-0.4, -0.2) is 33.7 Å². The zero-order chi connectivity index (χ0) is 16.9. The number of nitrogens with one attached hydrogen (secondary N) is 1. The fourth-order valence-corrected chi connectivity index (χ4v) is 3.19. The fraction of sp³-hybridized carbons (Fsp3) is 0.300. The van der Waals surface area contributed by atoms with Crippen molar-refractivity contribution < 1.29 is 4.74 Å². The highest BCUT2D eigenvalue weighted by molar-refractivity contribution is 5.57. The van der Waals surface area contributed by atoms with Gasteiger partial charge in [0.25, 0.3) is 0 Å². The van der Waals surface area contributed by atoms with Crippen LogP contribution in [-0.2, 0) is 17.9 Å². The van der Waals surface area contributed by atoms with Gasteiger partial charge in [-0.1, -0.05) is 65.9 Å². The van der Waals surface area contributed by atoms with Gasteiger partial charge < -0.3 is 10.1 Å². The monoisotopic (exact) mass is 334 g/mol. The molecule has 0 amide bonds. The molecule has 0 saturated carbocycles. The molecular formula is C20H22N4O. The lowest BCUT2D eigenvalue weighted by atomic mass is 10.2. The summed E-state index contributed by atoms with van der Waals surface area (Å²) in [5, 5.41) is 12.1. The van der Waals surface area contributed by atoms with E-state index in [1.54, 1.807) is 0 Å². The molecule has 128 valence electrons. The van der Waals surface area contributed by atoms with E-state index in [4.69, 9.17) is 4.74 Å². The van der Waals surface area contributed by atoms with E-state index >= 15 is 0 Å². The molecule has 0 unspecified atom stereocenters. The third-order valence-corrected chi connectivity index (χ3v) is 4.53. The van der Waals surface area contributed by atoms with Crippen LogP contribution in [0.5, 0.6) is 0 Å². The molecule has 2 aromatic carbocycles. The van der Waals surface area contributed by atoms with Crippen LogP contribution in [0.3, 0.4) is 0 Å². The second kappa shape index (κ2) is 7.59. The molecule has 0 bridgehead atoms. The summed E-state index contributed by atoms with van der Waals surface area (Å²) in [7, 11) is 0. The SMILES string of the molecule is c1ccc(CO[C@H]2CN[C@H](Cn3cc(-c4ccccc4)nn3)C2)cc1. The number of hydrogen-bond acceptors (Lipinski definition) is 4. The summed E-state index contributed by atoms with van der Waals surface area (Å²) in [4.78, 5) is 0. The van der Waals surface area contributed by atoms with Crippen molar-refractivity contribution in [1.29, 1.82) is 0 Å². The summed E-state index contributed by atoms with van der Waals surface area (Å²) in [6.07, 6.45) is 3.25. The van der Waals surface area contributed by atoms with Crippen molar-refractivity contribution in [2.45, 2.75) is 31.7 Å². The van der Waals surface area contributed by atoms with Crippen LogP contribution >= 0.6 is 0 Å². The van der Waals surface area contributed by atoms with Crippen LogP contribution in [0.15, 0.2) is 66.9 Å². The van der Waals surface area contributed by atoms with E-state index in [1.165, 1.54) is 5.56 Å². The summed E-state index contributed by atoms with van der Waals surface area (Å²) in [5.41, 5.74) is 3.22. The Morgan fingerprint density at radius 3 is 2.60 bits per heavy atom. The van der Waals surface area contributed by atoms with Gasteiger partial charge in [-0.2, -0.15) is 0 Å². The van der Waals surface area contributed by atoms with Gasteiger partial charge >= 0.3 is 0 Å². The molecule has 2 heterocycles. The van der Waals surface area contributed by atoms with Gasteiger partial charge in [-0.15, -0.1) is 5.10 Å². The Bertz CT molecular complexity index is 788. The largest absolute Gasteiger partial charge is 0.372 e. The molecule has 25 heavy (non-hydrogen) atoms. The van der Waals surface area contributed by atoms with Crippen molar-refractivity contribution >= 4 is 0 Å². The first-order valence-electron chi connectivity index (χ1n) is 8.71. The van der Waals surface area contributed by atoms with Crippen LogP contribution in [0.4, 0.5) is 0 Å². The lowest BCUT2D eigenvalue weighted by Gasteiger charge is -2.11. The van der Waals surface area contributed by atoms with Gasteiger partial charge in [0.1, 0.15) is 5.69 Å². The minimum atomic E-state index is 0.252. The van der Waals surface area contributed by atoms with E-state index in [1.807, 2.05) is 47.3 Å². The first-order valence-corrected chi connectivity index (χ1v) is 8.71. The second-order valence-electron chi connectivity index (χ2n) is 6.45. The minimum absolute atomic E-state index is 0.252. The lowest BCUT2D eigenvalue weighted by Crippen LogP contribution is -2.27. The molecule has 4 rings (SSSR count). The van der Waals surface area contributed by atoms with Crippen molar-refractivity contribution in [2.75, 3.05) is 6.54 Å². The average Bonchev–Trinajstić information content (AvgIpc) is 3.32. The van der Waals surface area contributed by atoms with Crippen LogP contribution in [0.25, 0.3) is 11.3 Å². The summed E-state index contributed by atoms with van der Waals surface area (Å²) >= 11 is 0. The molecule has 0 radical (unpaired) electrons. The molecule has 0 spiro atoms. The number of rotatable bonds is 6. The molecule has 1 aliphatic heterocycles. The van der Waals surface area contributed by atoms with E-state index in [9.17, 15) is 0 Å². The molecule has 1 saturated heterocycles. The number of nitrogens with zero attached hydrogens (tertiary/aromatic N) is 3. The molecule has 0 aliphatic carbocycles. The maximum absolute atomic E-state index is 6.02. The molecule has 2 atom stereocenters. The average molecular weight is 334 g/mol. The van der Waals surface area contributed by atoms with Crippen molar-refractivity contribution in [3.8, 4) is 11.3 Å². The highest BCUT2D eigenvalue weighted by Gasteiger charge is 2.25. The Labute approximate surface area is 147 Å². The minimum Gasteiger partial charge on any atom is -0.372 e. The highest BCUT2D eigenvalue weighted by atomic mass is 16.5. The molecule has 3 aromatic rings. The summed E-state index contributed by atoms with van der Waals surface area (Å²) in [6, 6.07) is 20.8. The van der Waals surface area contributed by atoms with Gasteiger partial charge in [0.05, 0.1) is 25.5 Å². The molecule has 1 aromatic heterocycles.